The fraction of sp³-hybridized carbons (Fsp3) is 0.167. The van der Waals surface area contributed by atoms with Crippen LogP contribution >= 0.6 is 0 Å². The normalized spacial score (nSPS) is 10.8. The molecule has 9 heteroatoms. The molecule has 0 saturated carbocycles. The van der Waals surface area contributed by atoms with E-state index in [0.29, 0.717) is 28.6 Å². The van der Waals surface area contributed by atoms with Gasteiger partial charge in [0.2, 0.25) is 11.7 Å². The molecule has 4 rings (SSSR count). The van der Waals surface area contributed by atoms with E-state index in [0.717, 1.165) is 16.3 Å². The molecule has 0 aliphatic heterocycles. The molecule has 0 bridgehead atoms. The van der Waals surface area contributed by atoms with Crippen molar-refractivity contribution in [1.82, 2.24) is 5.43 Å². The monoisotopic (exact) mass is 528 g/mol. The van der Waals surface area contributed by atoms with Gasteiger partial charge in [-0.1, -0.05) is 42.5 Å². The molecule has 0 radical (unpaired) electrons. The summed E-state index contributed by atoms with van der Waals surface area (Å²) in [7, 11) is 5.85. The van der Waals surface area contributed by atoms with E-state index in [1.54, 1.807) is 18.2 Å². The van der Waals surface area contributed by atoms with E-state index in [1.165, 1.54) is 46.8 Å². The summed E-state index contributed by atoms with van der Waals surface area (Å²) in [5.74, 6) is 0.631. The fourth-order valence-corrected chi connectivity index (χ4v) is 4.04. The highest BCUT2D eigenvalue weighted by molar-refractivity contribution is 5.93. The summed E-state index contributed by atoms with van der Waals surface area (Å²) in [5, 5.41) is 6.16. The zero-order chi connectivity index (χ0) is 27.8. The molecule has 9 nitrogen and oxygen atoms in total. The molecule has 0 aromatic heterocycles. The van der Waals surface area contributed by atoms with Crippen LogP contribution < -0.4 is 29.1 Å². The Bertz CT molecular complexity index is 1500. The Morgan fingerprint density at radius 1 is 0.769 bits per heavy atom. The van der Waals surface area contributed by atoms with Crippen LogP contribution in [0.4, 0.5) is 0 Å². The van der Waals surface area contributed by atoms with Gasteiger partial charge in [0.05, 0.1) is 46.6 Å². The van der Waals surface area contributed by atoms with E-state index in [4.69, 9.17) is 23.7 Å². The van der Waals surface area contributed by atoms with E-state index in [1.807, 2.05) is 42.5 Å². The van der Waals surface area contributed by atoms with E-state index < -0.39 is 5.97 Å². The van der Waals surface area contributed by atoms with Gasteiger partial charge in [0, 0.05) is 0 Å². The number of nitrogens with one attached hydrogen (secondary N) is 1. The molecule has 4 aromatic rings. The summed E-state index contributed by atoms with van der Waals surface area (Å²) in [5.41, 5.74) is 4.30. The average Bonchev–Trinajstić information content (AvgIpc) is 2.97. The minimum Gasteiger partial charge on any atom is -0.493 e. The standard InChI is InChI=1S/C30H28N2O7/c1-35-25-14-19(18-31-32-28(33)17-21-10-7-9-20-8-5-6-11-23(20)21)12-13-24(25)39-30(34)22-15-26(36-2)29(38-4)27(16-22)37-3/h5-16,18H,17H2,1-4H3,(H,32,33)/b31-18-. The number of hydrazone groups is 1. The highest BCUT2D eigenvalue weighted by Crippen LogP contribution is 2.38. The van der Waals surface area contributed by atoms with Crippen LogP contribution in [0.5, 0.6) is 28.7 Å². The summed E-state index contributed by atoms with van der Waals surface area (Å²) in [6.45, 7) is 0. The number of rotatable bonds is 10. The predicted molar refractivity (Wildman–Crippen MR) is 147 cm³/mol. The Hall–Kier alpha value is -5.05. The highest BCUT2D eigenvalue weighted by Gasteiger charge is 2.19. The number of carbonyl (C=O) groups is 2. The first-order valence-electron chi connectivity index (χ1n) is 12.0. The first-order chi connectivity index (χ1) is 19.0. The van der Waals surface area contributed by atoms with Crippen LogP contribution in [0.2, 0.25) is 0 Å². The van der Waals surface area contributed by atoms with Crippen LogP contribution in [-0.4, -0.2) is 46.5 Å². The van der Waals surface area contributed by atoms with Crippen LogP contribution in [0.15, 0.2) is 77.9 Å². The van der Waals surface area contributed by atoms with Gasteiger partial charge in [-0.05, 0) is 52.2 Å². The molecule has 0 spiro atoms. The van der Waals surface area contributed by atoms with Gasteiger partial charge in [-0.2, -0.15) is 5.10 Å². The molecule has 0 unspecified atom stereocenters. The number of carbonyl (C=O) groups excluding carboxylic acids is 2. The molecular formula is C30H28N2O7. The molecule has 0 saturated heterocycles. The summed E-state index contributed by atoms with van der Waals surface area (Å²) in [6, 6.07) is 21.7. The molecule has 200 valence electrons. The number of hydrogen-bond acceptors (Lipinski definition) is 8. The largest absolute Gasteiger partial charge is 0.493 e. The Morgan fingerprint density at radius 2 is 1.46 bits per heavy atom. The van der Waals surface area contributed by atoms with Crippen molar-refractivity contribution in [3.05, 3.63) is 89.5 Å². The fourth-order valence-electron chi connectivity index (χ4n) is 4.04. The third-order valence-electron chi connectivity index (χ3n) is 5.92. The van der Waals surface area contributed by atoms with Gasteiger partial charge in [0.1, 0.15) is 0 Å². The summed E-state index contributed by atoms with van der Waals surface area (Å²) in [6.07, 6.45) is 1.67. The maximum Gasteiger partial charge on any atom is 0.343 e. The molecule has 1 N–H and O–H groups in total. The Labute approximate surface area is 225 Å². The number of nitrogens with zero attached hydrogens (tertiary/aromatic N) is 1. The van der Waals surface area contributed by atoms with Crippen molar-refractivity contribution in [1.29, 1.82) is 0 Å². The van der Waals surface area contributed by atoms with Crippen LogP contribution in [0, 0.1) is 0 Å². The van der Waals surface area contributed by atoms with E-state index in [9.17, 15) is 9.59 Å². The van der Waals surface area contributed by atoms with E-state index in [-0.39, 0.29) is 23.6 Å². The number of fused-ring (bicyclic) bond motifs is 1. The minimum absolute atomic E-state index is 0.192. The zero-order valence-electron chi connectivity index (χ0n) is 22.0. The van der Waals surface area contributed by atoms with Crippen molar-refractivity contribution >= 4 is 28.9 Å². The smallest absolute Gasteiger partial charge is 0.343 e. The number of amides is 1. The van der Waals surface area contributed by atoms with Crippen molar-refractivity contribution in [3.63, 3.8) is 0 Å². The molecule has 0 aliphatic rings. The van der Waals surface area contributed by atoms with Gasteiger partial charge in [-0.25, -0.2) is 10.2 Å². The van der Waals surface area contributed by atoms with E-state index in [2.05, 4.69) is 10.5 Å². The lowest BCUT2D eigenvalue weighted by Gasteiger charge is -2.14. The van der Waals surface area contributed by atoms with Crippen LogP contribution in [0.1, 0.15) is 21.5 Å². The second kappa shape index (κ2) is 12.5. The van der Waals surface area contributed by atoms with Gasteiger partial charge in [0.15, 0.2) is 23.0 Å². The van der Waals surface area contributed by atoms with E-state index >= 15 is 0 Å². The third-order valence-corrected chi connectivity index (χ3v) is 5.92. The van der Waals surface area contributed by atoms with Gasteiger partial charge in [-0.15, -0.1) is 0 Å². The lowest BCUT2D eigenvalue weighted by molar-refractivity contribution is -0.120. The highest BCUT2D eigenvalue weighted by atomic mass is 16.6. The first-order valence-corrected chi connectivity index (χ1v) is 12.0. The van der Waals surface area contributed by atoms with Crippen molar-refractivity contribution < 1.29 is 33.3 Å². The first kappa shape index (κ1) is 27.0. The van der Waals surface area contributed by atoms with Crippen molar-refractivity contribution in [2.45, 2.75) is 6.42 Å². The Morgan fingerprint density at radius 3 is 2.15 bits per heavy atom. The number of hydrogen-bond donors (Lipinski definition) is 1. The minimum atomic E-state index is -0.644. The second-order valence-corrected chi connectivity index (χ2v) is 8.32. The summed E-state index contributed by atoms with van der Waals surface area (Å²) >= 11 is 0. The zero-order valence-corrected chi connectivity index (χ0v) is 22.0. The number of benzene rings is 4. The molecule has 0 atom stereocenters. The Kier molecular flexibility index (Phi) is 8.63. The molecule has 0 heterocycles. The molecule has 1 amide bonds. The SMILES string of the molecule is COc1cc(/C=N\NC(=O)Cc2cccc3ccccc23)ccc1OC(=O)c1cc(OC)c(OC)c(OC)c1. The number of esters is 1. The van der Waals surface area contributed by atoms with Crippen LogP contribution in [-0.2, 0) is 11.2 Å². The van der Waals surface area contributed by atoms with Crippen molar-refractivity contribution in [2.24, 2.45) is 5.10 Å². The number of methoxy groups -OCH3 is 4. The third kappa shape index (κ3) is 6.27. The Balaban J connectivity index is 1.43. The number of ether oxygens (including phenoxy) is 5. The summed E-state index contributed by atoms with van der Waals surface area (Å²) < 4.78 is 26.9. The molecule has 0 fully saturated rings. The van der Waals surface area contributed by atoms with Gasteiger partial charge in [-0.3, -0.25) is 4.79 Å². The van der Waals surface area contributed by atoms with Crippen molar-refractivity contribution in [2.75, 3.05) is 28.4 Å². The topological polar surface area (TPSA) is 105 Å². The second-order valence-electron chi connectivity index (χ2n) is 8.32. The lowest BCUT2D eigenvalue weighted by atomic mass is 10.0. The molecule has 39 heavy (non-hydrogen) atoms. The van der Waals surface area contributed by atoms with Gasteiger partial charge < -0.3 is 23.7 Å². The molecule has 4 aromatic carbocycles. The molecular weight excluding hydrogens is 500 g/mol. The van der Waals surface area contributed by atoms with Gasteiger partial charge >= 0.3 is 5.97 Å². The maximum atomic E-state index is 12.9. The lowest BCUT2D eigenvalue weighted by Crippen LogP contribution is -2.19. The van der Waals surface area contributed by atoms with Gasteiger partial charge in [0.25, 0.3) is 0 Å². The predicted octanol–water partition coefficient (Wildman–Crippen LogP) is 4.79. The quantitative estimate of drug-likeness (QED) is 0.137. The molecule has 0 aliphatic carbocycles. The summed E-state index contributed by atoms with van der Waals surface area (Å²) in [4.78, 5) is 25.4. The van der Waals surface area contributed by atoms with Crippen LogP contribution in [0.25, 0.3) is 10.8 Å². The van der Waals surface area contributed by atoms with Crippen LogP contribution in [0.3, 0.4) is 0 Å². The average molecular weight is 529 g/mol. The maximum absolute atomic E-state index is 12.9. The van der Waals surface area contributed by atoms with Crippen molar-refractivity contribution in [3.8, 4) is 28.7 Å².